The zero-order chi connectivity index (χ0) is 18.6. The standard InChI is InChI=1S/C19H20ClFN2O2/c1-11(2)17(23-18(24)14-7-5-4-6-12(14)3)19(25)22-13-8-9-16(21)15(20)10-13/h4-11,17H,1-3H3,(H,22,25)(H,23,24)/t17-/m0/s1. The van der Waals surface area contributed by atoms with Crippen molar-refractivity contribution in [1.29, 1.82) is 0 Å². The van der Waals surface area contributed by atoms with Crippen LogP contribution >= 0.6 is 11.6 Å². The van der Waals surface area contributed by atoms with Gasteiger partial charge in [-0.3, -0.25) is 9.59 Å². The molecule has 2 aromatic rings. The second-order valence-electron chi connectivity index (χ2n) is 6.13. The van der Waals surface area contributed by atoms with Crippen LogP contribution in [0.2, 0.25) is 5.02 Å². The summed E-state index contributed by atoms with van der Waals surface area (Å²) < 4.78 is 13.2. The molecule has 0 fully saturated rings. The van der Waals surface area contributed by atoms with Gasteiger partial charge < -0.3 is 10.6 Å². The van der Waals surface area contributed by atoms with Crippen LogP contribution in [-0.2, 0) is 4.79 Å². The van der Waals surface area contributed by atoms with E-state index in [1.165, 1.54) is 18.2 Å². The zero-order valence-electron chi connectivity index (χ0n) is 14.3. The predicted octanol–water partition coefficient (Wildman–Crippen LogP) is 4.18. The summed E-state index contributed by atoms with van der Waals surface area (Å²) in [6, 6.07) is 10.3. The van der Waals surface area contributed by atoms with Crippen molar-refractivity contribution in [1.82, 2.24) is 5.32 Å². The summed E-state index contributed by atoms with van der Waals surface area (Å²) >= 11 is 5.73. The van der Waals surface area contributed by atoms with E-state index < -0.39 is 11.9 Å². The first-order valence-electron chi connectivity index (χ1n) is 7.92. The lowest BCUT2D eigenvalue weighted by Gasteiger charge is -2.22. The number of hydrogen-bond acceptors (Lipinski definition) is 2. The Morgan fingerprint density at radius 3 is 2.40 bits per heavy atom. The molecule has 2 amide bonds. The van der Waals surface area contributed by atoms with Crippen molar-refractivity contribution in [2.24, 2.45) is 5.92 Å². The van der Waals surface area contributed by atoms with E-state index >= 15 is 0 Å². The van der Waals surface area contributed by atoms with Crippen LogP contribution in [-0.4, -0.2) is 17.9 Å². The van der Waals surface area contributed by atoms with Crippen LogP contribution in [0.5, 0.6) is 0 Å². The number of halogens is 2. The van der Waals surface area contributed by atoms with Crippen molar-refractivity contribution in [3.05, 3.63) is 64.4 Å². The van der Waals surface area contributed by atoms with Gasteiger partial charge in [-0.2, -0.15) is 0 Å². The summed E-state index contributed by atoms with van der Waals surface area (Å²) in [5.41, 5.74) is 1.71. The van der Waals surface area contributed by atoms with Gasteiger partial charge in [0.25, 0.3) is 5.91 Å². The van der Waals surface area contributed by atoms with Crippen molar-refractivity contribution >= 4 is 29.1 Å². The molecule has 0 unspecified atom stereocenters. The summed E-state index contributed by atoms with van der Waals surface area (Å²) in [7, 11) is 0. The molecule has 0 spiro atoms. The number of carbonyl (C=O) groups is 2. The molecule has 0 heterocycles. The molecule has 2 N–H and O–H groups in total. The Balaban J connectivity index is 2.14. The van der Waals surface area contributed by atoms with Crippen molar-refractivity contribution in [3.8, 4) is 0 Å². The fraction of sp³-hybridized carbons (Fsp3) is 0.263. The number of anilines is 1. The number of nitrogens with one attached hydrogen (secondary N) is 2. The molecular formula is C19H20ClFN2O2. The Bertz CT molecular complexity index is 793. The number of rotatable bonds is 5. The van der Waals surface area contributed by atoms with E-state index in [4.69, 9.17) is 11.6 Å². The molecule has 0 aromatic heterocycles. The molecule has 0 bridgehead atoms. The number of benzene rings is 2. The smallest absolute Gasteiger partial charge is 0.252 e. The Labute approximate surface area is 151 Å². The molecule has 1 atom stereocenters. The van der Waals surface area contributed by atoms with E-state index in [1.54, 1.807) is 12.1 Å². The highest BCUT2D eigenvalue weighted by atomic mass is 35.5. The summed E-state index contributed by atoms with van der Waals surface area (Å²) in [5, 5.41) is 5.34. The lowest BCUT2D eigenvalue weighted by atomic mass is 10.0. The van der Waals surface area contributed by atoms with Gasteiger partial charge in [0.1, 0.15) is 11.9 Å². The molecule has 4 nitrogen and oxygen atoms in total. The van der Waals surface area contributed by atoms with Crippen LogP contribution in [0.15, 0.2) is 42.5 Å². The molecule has 0 aliphatic heterocycles. The van der Waals surface area contributed by atoms with E-state index in [2.05, 4.69) is 10.6 Å². The highest BCUT2D eigenvalue weighted by Crippen LogP contribution is 2.20. The van der Waals surface area contributed by atoms with Gasteiger partial charge in [0.05, 0.1) is 5.02 Å². The number of hydrogen-bond donors (Lipinski definition) is 2. The second kappa shape index (κ2) is 8.12. The monoisotopic (exact) mass is 362 g/mol. The summed E-state index contributed by atoms with van der Waals surface area (Å²) in [4.78, 5) is 25.0. The summed E-state index contributed by atoms with van der Waals surface area (Å²) in [6.45, 7) is 5.50. The molecule has 0 aliphatic rings. The SMILES string of the molecule is Cc1ccccc1C(=O)N[C@H](C(=O)Nc1ccc(F)c(Cl)c1)C(C)C. The quantitative estimate of drug-likeness (QED) is 0.838. The Hall–Kier alpha value is -2.40. The van der Waals surface area contributed by atoms with Crippen molar-refractivity contribution in [2.75, 3.05) is 5.32 Å². The van der Waals surface area contributed by atoms with Crippen LogP contribution in [0.3, 0.4) is 0 Å². The van der Waals surface area contributed by atoms with Gasteiger partial charge in [-0.1, -0.05) is 43.6 Å². The largest absolute Gasteiger partial charge is 0.340 e. The maximum Gasteiger partial charge on any atom is 0.252 e. The van der Waals surface area contributed by atoms with Crippen molar-refractivity contribution in [2.45, 2.75) is 26.8 Å². The van der Waals surface area contributed by atoms with E-state index in [9.17, 15) is 14.0 Å². The molecule has 0 saturated carbocycles. The predicted molar refractivity (Wildman–Crippen MR) is 97.3 cm³/mol. The van der Waals surface area contributed by atoms with E-state index in [-0.39, 0.29) is 22.8 Å². The van der Waals surface area contributed by atoms with Gasteiger partial charge >= 0.3 is 0 Å². The van der Waals surface area contributed by atoms with E-state index in [0.717, 1.165) is 5.56 Å². The van der Waals surface area contributed by atoms with Gasteiger partial charge in [0.2, 0.25) is 5.91 Å². The summed E-state index contributed by atoms with van der Waals surface area (Å²) in [6.07, 6.45) is 0. The fourth-order valence-corrected chi connectivity index (χ4v) is 2.56. The first kappa shape index (κ1) is 18.9. The molecule has 0 radical (unpaired) electrons. The van der Waals surface area contributed by atoms with Gasteiger partial charge in [0.15, 0.2) is 0 Å². The molecule has 25 heavy (non-hydrogen) atoms. The minimum absolute atomic E-state index is 0.0807. The molecule has 2 aromatic carbocycles. The van der Waals surface area contributed by atoms with Crippen LogP contribution in [0, 0.1) is 18.7 Å². The number of aryl methyl sites for hydroxylation is 1. The van der Waals surface area contributed by atoms with Crippen LogP contribution < -0.4 is 10.6 Å². The molecule has 6 heteroatoms. The second-order valence-corrected chi connectivity index (χ2v) is 6.54. The lowest BCUT2D eigenvalue weighted by Crippen LogP contribution is -2.47. The summed E-state index contributed by atoms with van der Waals surface area (Å²) in [5.74, 6) is -1.40. The normalized spacial score (nSPS) is 11.9. The first-order valence-corrected chi connectivity index (χ1v) is 8.29. The van der Waals surface area contributed by atoms with Crippen LogP contribution in [0.1, 0.15) is 29.8 Å². The average Bonchev–Trinajstić information content (AvgIpc) is 2.55. The Morgan fingerprint density at radius 1 is 1.12 bits per heavy atom. The zero-order valence-corrected chi connectivity index (χ0v) is 15.0. The minimum atomic E-state index is -0.740. The van der Waals surface area contributed by atoms with Gasteiger partial charge in [-0.05, 0) is 42.7 Å². The lowest BCUT2D eigenvalue weighted by molar-refractivity contribution is -0.118. The van der Waals surface area contributed by atoms with Gasteiger partial charge in [-0.25, -0.2) is 4.39 Å². The fourth-order valence-electron chi connectivity index (χ4n) is 2.38. The first-order chi connectivity index (χ1) is 11.8. The van der Waals surface area contributed by atoms with E-state index in [1.807, 2.05) is 32.9 Å². The Kier molecular flexibility index (Phi) is 6.15. The maximum absolute atomic E-state index is 13.2. The third-order valence-electron chi connectivity index (χ3n) is 3.81. The minimum Gasteiger partial charge on any atom is -0.340 e. The molecule has 132 valence electrons. The van der Waals surface area contributed by atoms with Crippen molar-refractivity contribution in [3.63, 3.8) is 0 Å². The molecule has 2 rings (SSSR count). The number of amides is 2. The third kappa shape index (κ3) is 4.79. The molecule has 0 saturated heterocycles. The van der Waals surface area contributed by atoms with E-state index in [0.29, 0.717) is 11.3 Å². The van der Waals surface area contributed by atoms with Gasteiger partial charge in [-0.15, -0.1) is 0 Å². The molecular weight excluding hydrogens is 343 g/mol. The molecule has 0 aliphatic carbocycles. The highest BCUT2D eigenvalue weighted by molar-refractivity contribution is 6.31. The van der Waals surface area contributed by atoms with Crippen LogP contribution in [0.4, 0.5) is 10.1 Å². The van der Waals surface area contributed by atoms with Gasteiger partial charge in [0, 0.05) is 11.3 Å². The maximum atomic E-state index is 13.2. The third-order valence-corrected chi connectivity index (χ3v) is 4.10. The highest BCUT2D eigenvalue weighted by Gasteiger charge is 2.25. The Morgan fingerprint density at radius 2 is 1.80 bits per heavy atom. The number of carbonyl (C=O) groups excluding carboxylic acids is 2. The van der Waals surface area contributed by atoms with Crippen molar-refractivity contribution < 1.29 is 14.0 Å². The van der Waals surface area contributed by atoms with Crippen LogP contribution in [0.25, 0.3) is 0 Å². The average molecular weight is 363 g/mol. The topological polar surface area (TPSA) is 58.2 Å².